The predicted octanol–water partition coefficient (Wildman–Crippen LogP) is 6.14. The molecule has 0 heterocycles. The fourth-order valence-electron chi connectivity index (χ4n) is 4.01. The van der Waals surface area contributed by atoms with E-state index >= 15 is 0 Å². The van der Waals surface area contributed by atoms with E-state index in [-0.39, 0.29) is 23.0 Å². The highest BCUT2D eigenvalue weighted by Gasteiger charge is 2.29. The molecule has 4 aromatic rings. The maximum absolute atomic E-state index is 13.6. The average Bonchev–Trinajstić information content (AvgIpc) is 2.94. The number of hydrogen-bond acceptors (Lipinski definition) is 5. The van der Waals surface area contributed by atoms with Crippen molar-refractivity contribution < 1.29 is 22.7 Å². The van der Waals surface area contributed by atoms with Crippen LogP contribution in [0.1, 0.15) is 30.9 Å². The van der Waals surface area contributed by atoms with Crippen LogP contribution in [0.2, 0.25) is 0 Å². The van der Waals surface area contributed by atoms with E-state index in [0.717, 1.165) is 11.1 Å². The van der Waals surface area contributed by atoms with E-state index in [1.165, 1.54) is 7.11 Å². The quantitative estimate of drug-likeness (QED) is 0.237. The van der Waals surface area contributed by atoms with Crippen LogP contribution in [0.25, 0.3) is 0 Å². The molecule has 0 saturated carbocycles. The number of methoxy groups -OCH3 is 1. The van der Waals surface area contributed by atoms with Gasteiger partial charge in [0, 0.05) is 5.69 Å². The summed E-state index contributed by atoms with van der Waals surface area (Å²) in [7, 11) is -2.69. The summed E-state index contributed by atoms with van der Waals surface area (Å²) in [6.45, 7) is 3.96. The number of hydrogen-bond donors (Lipinski definition) is 2. The Hall–Kier alpha value is -4.14. The summed E-state index contributed by atoms with van der Waals surface area (Å²) >= 11 is 0. The Morgan fingerprint density at radius 3 is 2.05 bits per heavy atom. The molecule has 0 fully saturated rings. The second kappa shape index (κ2) is 12.6. The molecule has 0 spiro atoms. The molecule has 0 aliphatic heterocycles. The van der Waals surface area contributed by atoms with E-state index < -0.39 is 22.0 Å². The number of carbonyl (C=O) groups is 1. The Morgan fingerprint density at radius 2 is 1.44 bits per heavy atom. The Labute approximate surface area is 229 Å². The van der Waals surface area contributed by atoms with Crippen molar-refractivity contribution in [1.82, 2.24) is 4.72 Å². The smallest absolute Gasteiger partial charge is 0.245 e. The topological polar surface area (TPSA) is 93.7 Å². The summed E-state index contributed by atoms with van der Waals surface area (Å²) in [6, 6.07) is 29.5. The van der Waals surface area contributed by atoms with Gasteiger partial charge in [-0.3, -0.25) is 4.79 Å². The largest absolute Gasteiger partial charge is 0.495 e. The van der Waals surface area contributed by atoms with Crippen molar-refractivity contribution in [2.75, 3.05) is 12.4 Å². The van der Waals surface area contributed by atoms with Gasteiger partial charge in [-0.2, -0.15) is 4.72 Å². The van der Waals surface area contributed by atoms with Crippen molar-refractivity contribution >= 4 is 21.6 Å². The van der Waals surface area contributed by atoms with Crippen molar-refractivity contribution in [3.8, 4) is 17.2 Å². The summed E-state index contributed by atoms with van der Waals surface area (Å²) in [5, 5.41) is 2.83. The molecular formula is C31H32N2O5S. The van der Waals surface area contributed by atoms with Crippen LogP contribution in [-0.4, -0.2) is 27.5 Å². The van der Waals surface area contributed by atoms with Gasteiger partial charge in [0.1, 0.15) is 28.2 Å². The number of amides is 1. The first-order chi connectivity index (χ1) is 18.7. The van der Waals surface area contributed by atoms with Crippen molar-refractivity contribution in [2.24, 2.45) is 0 Å². The Morgan fingerprint density at radius 1 is 0.821 bits per heavy atom. The molecule has 1 atom stereocenters. The SMILES string of the molecule is COc1ccc(C(C)C)cc1S(=O)(=O)NC(Cc1ccccc1)C(=O)Nc1ccc(Oc2ccccc2)cc1. The lowest BCUT2D eigenvalue weighted by atomic mass is 10.0. The van der Waals surface area contributed by atoms with Crippen LogP contribution in [0, 0.1) is 0 Å². The van der Waals surface area contributed by atoms with Crippen LogP contribution in [-0.2, 0) is 21.2 Å². The standard InChI is InChI=1S/C31H32N2O5S/c1-22(2)24-14-19-29(37-3)30(21-24)39(35,36)33-28(20-23-10-6-4-7-11-23)31(34)32-25-15-17-27(18-16-25)38-26-12-8-5-9-13-26/h4-19,21-22,28,33H,20H2,1-3H3,(H,32,34). The van der Waals surface area contributed by atoms with Crippen molar-refractivity contribution in [1.29, 1.82) is 0 Å². The summed E-state index contributed by atoms with van der Waals surface area (Å²) < 4.78 is 40.9. The fraction of sp³-hybridized carbons (Fsp3) is 0.194. The summed E-state index contributed by atoms with van der Waals surface area (Å²) in [6.07, 6.45) is 0.160. The van der Waals surface area contributed by atoms with Crippen LogP contribution in [0.4, 0.5) is 5.69 Å². The molecule has 7 nitrogen and oxygen atoms in total. The first kappa shape index (κ1) is 27.9. The molecule has 1 unspecified atom stereocenters. The molecule has 0 radical (unpaired) electrons. The third-order valence-corrected chi connectivity index (χ3v) is 7.63. The zero-order valence-electron chi connectivity index (χ0n) is 22.1. The molecule has 4 aromatic carbocycles. The van der Waals surface area contributed by atoms with Gasteiger partial charge in [-0.15, -0.1) is 0 Å². The fourth-order valence-corrected chi connectivity index (χ4v) is 5.41. The Bertz CT molecular complexity index is 1490. The highest BCUT2D eigenvalue weighted by Crippen LogP contribution is 2.28. The number of ether oxygens (including phenoxy) is 2. The minimum atomic E-state index is -4.11. The minimum Gasteiger partial charge on any atom is -0.495 e. The van der Waals surface area contributed by atoms with E-state index in [4.69, 9.17) is 9.47 Å². The lowest BCUT2D eigenvalue weighted by Gasteiger charge is -2.20. The summed E-state index contributed by atoms with van der Waals surface area (Å²) in [4.78, 5) is 13.4. The second-order valence-corrected chi connectivity index (χ2v) is 11.0. The zero-order chi connectivity index (χ0) is 27.8. The maximum Gasteiger partial charge on any atom is 0.245 e. The first-order valence-electron chi connectivity index (χ1n) is 12.6. The van der Waals surface area contributed by atoms with Gasteiger partial charge < -0.3 is 14.8 Å². The van der Waals surface area contributed by atoms with Crippen molar-refractivity contribution in [2.45, 2.75) is 37.1 Å². The number of rotatable bonds is 11. The molecule has 39 heavy (non-hydrogen) atoms. The van der Waals surface area contributed by atoms with Gasteiger partial charge in [-0.05, 0) is 72.0 Å². The minimum absolute atomic E-state index is 0.00975. The van der Waals surface area contributed by atoms with Crippen LogP contribution in [0.5, 0.6) is 17.2 Å². The van der Waals surface area contributed by atoms with E-state index in [0.29, 0.717) is 17.2 Å². The summed E-state index contributed by atoms with van der Waals surface area (Å²) in [5.41, 5.74) is 2.17. The van der Waals surface area contributed by atoms with E-state index in [1.807, 2.05) is 80.6 Å². The van der Waals surface area contributed by atoms with Gasteiger partial charge in [0.25, 0.3) is 0 Å². The number of benzene rings is 4. The van der Waals surface area contributed by atoms with Gasteiger partial charge in [0.15, 0.2) is 0 Å². The molecule has 4 rings (SSSR count). The highest BCUT2D eigenvalue weighted by atomic mass is 32.2. The van der Waals surface area contributed by atoms with Gasteiger partial charge in [-0.1, -0.05) is 68.4 Å². The zero-order valence-corrected chi connectivity index (χ0v) is 22.9. The number of carbonyl (C=O) groups excluding carboxylic acids is 1. The third kappa shape index (κ3) is 7.46. The van der Waals surface area contributed by atoms with Crippen LogP contribution in [0.15, 0.2) is 108 Å². The molecule has 1 amide bonds. The Balaban J connectivity index is 1.56. The van der Waals surface area contributed by atoms with Gasteiger partial charge in [0.05, 0.1) is 7.11 Å². The molecule has 0 aliphatic carbocycles. The highest BCUT2D eigenvalue weighted by molar-refractivity contribution is 7.89. The van der Waals surface area contributed by atoms with Gasteiger partial charge >= 0.3 is 0 Å². The molecular weight excluding hydrogens is 512 g/mol. The second-order valence-electron chi connectivity index (χ2n) is 9.36. The van der Waals surface area contributed by atoms with Crippen molar-refractivity contribution in [3.63, 3.8) is 0 Å². The molecule has 0 aromatic heterocycles. The predicted molar refractivity (Wildman–Crippen MR) is 153 cm³/mol. The first-order valence-corrected chi connectivity index (χ1v) is 14.1. The van der Waals surface area contributed by atoms with Crippen LogP contribution >= 0.6 is 0 Å². The monoisotopic (exact) mass is 544 g/mol. The maximum atomic E-state index is 13.6. The van der Waals surface area contributed by atoms with E-state index in [9.17, 15) is 13.2 Å². The third-order valence-electron chi connectivity index (χ3n) is 6.14. The van der Waals surface area contributed by atoms with Gasteiger partial charge in [-0.25, -0.2) is 8.42 Å². The normalized spacial score (nSPS) is 12.1. The van der Waals surface area contributed by atoms with Crippen LogP contribution in [0.3, 0.4) is 0 Å². The molecule has 202 valence electrons. The number of anilines is 1. The lowest BCUT2D eigenvalue weighted by Crippen LogP contribution is -2.45. The molecule has 0 aliphatic rings. The van der Waals surface area contributed by atoms with Gasteiger partial charge in [0.2, 0.25) is 15.9 Å². The number of sulfonamides is 1. The molecule has 8 heteroatoms. The molecule has 0 bridgehead atoms. The molecule has 2 N–H and O–H groups in total. The molecule has 0 saturated heterocycles. The van der Waals surface area contributed by atoms with Crippen LogP contribution < -0.4 is 19.5 Å². The lowest BCUT2D eigenvalue weighted by molar-refractivity contribution is -0.117. The summed E-state index contributed by atoms with van der Waals surface area (Å²) in [5.74, 6) is 1.14. The van der Waals surface area contributed by atoms with E-state index in [2.05, 4.69) is 10.0 Å². The number of para-hydroxylation sites is 1. The van der Waals surface area contributed by atoms with Crippen molar-refractivity contribution in [3.05, 3.63) is 114 Å². The van der Waals surface area contributed by atoms with E-state index in [1.54, 1.807) is 36.4 Å². The Kier molecular flexibility index (Phi) is 9.01. The average molecular weight is 545 g/mol. The number of nitrogens with one attached hydrogen (secondary N) is 2.